The highest BCUT2D eigenvalue weighted by atomic mass is 16.5. The Morgan fingerprint density at radius 2 is 1.67 bits per heavy atom. The summed E-state index contributed by atoms with van der Waals surface area (Å²) in [6.07, 6.45) is 0. The van der Waals surface area contributed by atoms with Gasteiger partial charge in [-0.25, -0.2) is 0 Å². The molecule has 0 fully saturated rings. The van der Waals surface area contributed by atoms with Crippen LogP contribution < -0.4 is 15.8 Å². The third-order valence-corrected chi connectivity index (χ3v) is 3.21. The number of ether oxygens (including phenoxy) is 1. The molecule has 110 valence electrons. The van der Waals surface area contributed by atoms with E-state index in [9.17, 15) is 4.79 Å². The number of amides is 1. The minimum absolute atomic E-state index is 0.0215. The van der Waals surface area contributed by atoms with Gasteiger partial charge in [0.25, 0.3) is 5.91 Å². The molecule has 0 bridgehead atoms. The fourth-order valence-corrected chi connectivity index (χ4v) is 2.15. The highest BCUT2D eigenvalue weighted by molar-refractivity contribution is 5.93. The number of aryl methyl sites for hydroxylation is 3. The van der Waals surface area contributed by atoms with Crippen LogP contribution >= 0.6 is 0 Å². The molecular formula is C17H20N2O2. The van der Waals surface area contributed by atoms with E-state index in [0.29, 0.717) is 11.4 Å². The van der Waals surface area contributed by atoms with Crippen molar-refractivity contribution in [2.75, 3.05) is 17.7 Å². The van der Waals surface area contributed by atoms with Gasteiger partial charge in [-0.05, 0) is 56.2 Å². The number of benzene rings is 2. The summed E-state index contributed by atoms with van der Waals surface area (Å²) in [5.74, 6) is 0.494. The van der Waals surface area contributed by atoms with Crippen molar-refractivity contribution < 1.29 is 9.53 Å². The molecule has 21 heavy (non-hydrogen) atoms. The zero-order chi connectivity index (χ0) is 15.4. The van der Waals surface area contributed by atoms with Gasteiger partial charge in [-0.2, -0.15) is 0 Å². The molecule has 0 aliphatic rings. The smallest absolute Gasteiger partial charge is 0.262 e. The van der Waals surface area contributed by atoms with E-state index in [0.717, 1.165) is 22.4 Å². The molecule has 0 radical (unpaired) electrons. The SMILES string of the molecule is Cc1ccc(OCC(=O)Nc2c(C)cc(N)cc2C)cc1. The van der Waals surface area contributed by atoms with Crippen molar-refractivity contribution in [3.63, 3.8) is 0 Å². The van der Waals surface area contributed by atoms with Crippen LogP contribution in [-0.4, -0.2) is 12.5 Å². The normalized spacial score (nSPS) is 10.2. The first-order valence-corrected chi connectivity index (χ1v) is 6.82. The van der Waals surface area contributed by atoms with Crippen molar-refractivity contribution in [1.29, 1.82) is 0 Å². The lowest BCUT2D eigenvalue weighted by molar-refractivity contribution is -0.118. The Balaban J connectivity index is 1.97. The Hall–Kier alpha value is -2.49. The molecule has 0 atom stereocenters. The summed E-state index contributed by atoms with van der Waals surface area (Å²) in [5, 5.41) is 2.87. The largest absolute Gasteiger partial charge is 0.484 e. The zero-order valence-corrected chi connectivity index (χ0v) is 12.6. The van der Waals surface area contributed by atoms with E-state index in [1.165, 1.54) is 0 Å². The second-order valence-electron chi connectivity index (χ2n) is 5.18. The predicted octanol–water partition coefficient (Wildman–Crippen LogP) is 3.21. The molecule has 0 saturated carbocycles. The summed E-state index contributed by atoms with van der Waals surface area (Å²) in [5.41, 5.74) is 10.3. The number of nitrogens with one attached hydrogen (secondary N) is 1. The quantitative estimate of drug-likeness (QED) is 0.847. The highest BCUT2D eigenvalue weighted by Gasteiger charge is 2.09. The van der Waals surface area contributed by atoms with Crippen LogP contribution in [0, 0.1) is 20.8 Å². The number of nitrogens with two attached hydrogens (primary N) is 1. The van der Waals surface area contributed by atoms with Gasteiger partial charge in [0.15, 0.2) is 6.61 Å². The zero-order valence-electron chi connectivity index (χ0n) is 12.6. The van der Waals surface area contributed by atoms with Crippen molar-refractivity contribution in [2.24, 2.45) is 0 Å². The minimum atomic E-state index is -0.188. The van der Waals surface area contributed by atoms with Gasteiger partial charge in [-0.1, -0.05) is 17.7 Å². The van der Waals surface area contributed by atoms with Crippen LogP contribution in [-0.2, 0) is 4.79 Å². The van der Waals surface area contributed by atoms with E-state index >= 15 is 0 Å². The molecule has 3 N–H and O–H groups in total. The maximum Gasteiger partial charge on any atom is 0.262 e. The molecule has 0 saturated heterocycles. The standard InChI is InChI=1S/C17H20N2O2/c1-11-4-6-15(7-5-11)21-10-16(20)19-17-12(2)8-14(18)9-13(17)3/h4-9H,10,18H2,1-3H3,(H,19,20). The van der Waals surface area contributed by atoms with Crippen LogP contribution in [0.25, 0.3) is 0 Å². The number of anilines is 2. The Labute approximate surface area is 124 Å². The number of carbonyl (C=O) groups excluding carboxylic acids is 1. The molecule has 0 aliphatic heterocycles. The average Bonchev–Trinajstić information content (AvgIpc) is 2.42. The second kappa shape index (κ2) is 6.31. The topological polar surface area (TPSA) is 64.3 Å². The van der Waals surface area contributed by atoms with Crippen molar-refractivity contribution in [2.45, 2.75) is 20.8 Å². The van der Waals surface area contributed by atoms with Crippen LogP contribution in [0.1, 0.15) is 16.7 Å². The summed E-state index contributed by atoms with van der Waals surface area (Å²) in [4.78, 5) is 12.0. The number of nitrogen functional groups attached to an aromatic ring is 1. The van der Waals surface area contributed by atoms with Gasteiger partial charge < -0.3 is 15.8 Å². The summed E-state index contributed by atoms with van der Waals surface area (Å²) in [7, 11) is 0. The molecular weight excluding hydrogens is 264 g/mol. The molecule has 2 rings (SSSR count). The van der Waals surface area contributed by atoms with Gasteiger partial charge in [0, 0.05) is 11.4 Å². The first-order chi connectivity index (χ1) is 9.95. The van der Waals surface area contributed by atoms with E-state index in [4.69, 9.17) is 10.5 Å². The number of hydrogen-bond acceptors (Lipinski definition) is 3. The Morgan fingerprint density at radius 3 is 2.24 bits per heavy atom. The van der Waals surface area contributed by atoms with Crippen LogP contribution in [0.15, 0.2) is 36.4 Å². The van der Waals surface area contributed by atoms with E-state index < -0.39 is 0 Å². The van der Waals surface area contributed by atoms with Gasteiger partial charge in [-0.15, -0.1) is 0 Å². The van der Waals surface area contributed by atoms with Crippen molar-refractivity contribution in [1.82, 2.24) is 0 Å². The summed E-state index contributed by atoms with van der Waals surface area (Å²) in [6, 6.07) is 11.3. The molecule has 0 heterocycles. The molecule has 0 unspecified atom stereocenters. The lowest BCUT2D eigenvalue weighted by Gasteiger charge is -2.13. The first-order valence-electron chi connectivity index (χ1n) is 6.82. The molecule has 2 aromatic carbocycles. The van der Waals surface area contributed by atoms with E-state index in [1.807, 2.05) is 57.2 Å². The first kappa shape index (κ1) is 14.9. The monoisotopic (exact) mass is 284 g/mol. The summed E-state index contributed by atoms with van der Waals surface area (Å²) < 4.78 is 5.46. The second-order valence-corrected chi connectivity index (χ2v) is 5.18. The number of carbonyl (C=O) groups is 1. The van der Waals surface area contributed by atoms with Crippen LogP contribution in [0.4, 0.5) is 11.4 Å². The van der Waals surface area contributed by atoms with Crippen LogP contribution in [0.3, 0.4) is 0 Å². The Morgan fingerprint density at radius 1 is 1.10 bits per heavy atom. The van der Waals surface area contributed by atoms with E-state index in [1.54, 1.807) is 0 Å². The fourth-order valence-electron chi connectivity index (χ4n) is 2.15. The summed E-state index contributed by atoms with van der Waals surface area (Å²) in [6.45, 7) is 5.81. The van der Waals surface area contributed by atoms with Crippen molar-refractivity contribution >= 4 is 17.3 Å². The fraction of sp³-hybridized carbons (Fsp3) is 0.235. The van der Waals surface area contributed by atoms with E-state index in [2.05, 4.69) is 5.32 Å². The predicted molar refractivity (Wildman–Crippen MR) is 85.6 cm³/mol. The molecule has 4 nitrogen and oxygen atoms in total. The molecule has 2 aromatic rings. The third kappa shape index (κ3) is 3.99. The molecule has 1 amide bonds. The Bertz CT molecular complexity index is 625. The lowest BCUT2D eigenvalue weighted by atomic mass is 10.1. The molecule has 4 heteroatoms. The van der Waals surface area contributed by atoms with Gasteiger partial charge in [0.1, 0.15) is 5.75 Å². The summed E-state index contributed by atoms with van der Waals surface area (Å²) >= 11 is 0. The van der Waals surface area contributed by atoms with Crippen molar-refractivity contribution in [3.8, 4) is 5.75 Å². The number of hydrogen-bond donors (Lipinski definition) is 2. The van der Waals surface area contributed by atoms with Gasteiger partial charge in [0.05, 0.1) is 0 Å². The van der Waals surface area contributed by atoms with Gasteiger partial charge >= 0.3 is 0 Å². The lowest BCUT2D eigenvalue weighted by Crippen LogP contribution is -2.21. The Kier molecular flexibility index (Phi) is 4.48. The maximum atomic E-state index is 12.0. The molecule has 0 aromatic heterocycles. The minimum Gasteiger partial charge on any atom is -0.484 e. The third-order valence-electron chi connectivity index (χ3n) is 3.21. The van der Waals surface area contributed by atoms with Gasteiger partial charge in [0.2, 0.25) is 0 Å². The van der Waals surface area contributed by atoms with Gasteiger partial charge in [-0.3, -0.25) is 4.79 Å². The maximum absolute atomic E-state index is 12.0. The van der Waals surface area contributed by atoms with Crippen molar-refractivity contribution in [3.05, 3.63) is 53.1 Å². The van der Waals surface area contributed by atoms with E-state index in [-0.39, 0.29) is 12.5 Å². The average molecular weight is 284 g/mol. The van der Waals surface area contributed by atoms with Crippen LogP contribution in [0.5, 0.6) is 5.75 Å². The number of rotatable bonds is 4. The van der Waals surface area contributed by atoms with Crippen LogP contribution in [0.2, 0.25) is 0 Å². The molecule has 0 aliphatic carbocycles. The molecule has 0 spiro atoms. The highest BCUT2D eigenvalue weighted by Crippen LogP contribution is 2.23.